The third kappa shape index (κ3) is 18.8. The van der Waals surface area contributed by atoms with Gasteiger partial charge in [0, 0.05) is 43.2 Å². The molecule has 6 N–H and O–H groups in total. The van der Waals surface area contributed by atoms with E-state index in [0.717, 1.165) is 0 Å². The molecule has 0 saturated carbocycles. The highest BCUT2D eigenvalue weighted by Gasteiger charge is 2.22. The van der Waals surface area contributed by atoms with Crippen LogP contribution in [0.1, 0.15) is 55.1 Å². The van der Waals surface area contributed by atoms with E-state index in [1.165, 1.54) is 19.2 Å². The van der Waals surface area contributed by atoms with Crippen LogP contribution in [0.2, 0.25) is 0 Å². The van der Waals surface area contributed by atoms with Crippen LogP contribution in [0.25, 0.3) is 11.0 Å². The number of aliphatic carboxylic acids is 1. The second-order valence-corrected chi connectivity index (χ2v) is 12.3. The zero-order chi connectivity index (χ0) is 39.7. The average molecular weight is 773 g/mol. The van der Waals surface area contributed by atoms with Crippen molar-refractivity contribution in [1.82, 2.24) is 20.3 Å². The zero-order valence-electron chi connectivity index (χ0n) is 31.2. The number of Topliss-reactive ketones (excluding diaryl/α,β-unsaturated/α-hetero) is 2. The van der Waals surface area contributed by atoms with Crippen molar-refractivity contribution in [2.24, 2.45) is 0 Å². The van der Waals surface area contributed by atoms with Crippen LogP contribution in [0.3, 0.4) is 0 Å². The monoisotopic (exact) mass is 772 g/mol. The number of rotatable bonds is 31. The molecule has 0 aliphatic rings. The molecule has 3 aromatic rings. The van der Waals surface area contributed by atoms with Gasteiger partial charge < -0.3 is 54.9 Å². The molecule has 302 valence electrons. The van der Waals surface area contributed by atoms with E-state index in [9.17, 15) is 29.1 Å². The summed E-state index contributed by atoms with van der Waals surface area (Å²) in [5.41, 5.74) is 7.17. The molecule has 0 radical (unpaired) electrons. The smallest absolute Gasteiger partial charge is 0.326 e. The molecule has 0 aliphatic carbocycles. The summed E-state index contributed by atoms with van der Waals surface area (Å²) in [5, 5.41) is 15.2. The summed E-state index contributed by atoms with van der Waals surface area (Å²) in [6, 6.07) is 6.68. The number of carbonyl (C=O) groups excluding carboxylic acids is 3. The van der Waals surface area contributed by atoms with Crippen molar-refractivity contribution in [3.05, 3.63) is 58.1 Å². The first-order chi connectivity index (χ1) is 26.6. The lowest BCUT2D eigenvalue weighted by Gasteiger charge is -2.14. The summed E-state index contributed by atoms with van der Waals surface area (Å²) in [5.74, 6) is -1.64. The normalized spacial score (nSPS) is 11.7. The van der Waals surface area contributed by atoms with E-state index >= 15 is 0 Å². The second kappa shape index (κ2) is 26.0. The van der Waals surface area contributed by atoms with Crippen molar-refractivity contribution in [3.63, 3.8) is 0 Å². The summed E-state index contributed by atoms with van der Waals surface area (Å²) >= 11 is 0. The van der Waals surface area contributed by atoms with Gasteiger partial charge in [-0.25, -0.2) is 9.78 Å². The van der Waals surface area contributed by atoms with Gasteiger partial charge in [0.15, 0.2) is 5.52 Å². The molecule has 1 aromatic carbocycles. The molecule has 3 rings (SSSR count). The lowest BCUT2D eigenvalue weighted by atomic mass is 10.1. The molecule has 0 unspecified atom stereocenters. The van der Waals surface area contributed by atoms with Gasteiger partial charge in [-0.05, 0) is 44.0 Å². The number of aromatic amines is 1. The van der Waals surface area contributed by atoms with Crippen LogP contribution in [-0.2, 0) is 49.3 Å². The minimum absolute atomic E-state index is 0.00158. The number of hydrogen-bond donors (Lipinski definition) is 5. The zero-order valence-corrected chi connectivity index (χ0v) is 31.2. The molecule has 0 spiro atoms. The van der Waals surface area contributed by atoms with Crippen LogP contribution in [0, 0.1) is 0 Å². The summed E-state index contributed by atoms with van der Waals surface area (Å²) in [7, 11) is 0. The number of ether oxygens (including phenoxy) is 6. The minimum atomic E-state index is -1.23. The number of pyridine rings is 1. The number of anilines is 2. The topological polar surface area (TPSA) is 253 Å². The number of nitrogens with one attached hydrogen (secondary N) is 3. The molecular formula is C37H52N6O12. The Morgan fingerprint density at radius 3 is 1.93 bits per heavy atom. The van der Waals surface area contributed by atoms with Gasteiger partial charge in [-0.15, -0.1) is 0 Å². The van der Waals surface area contributed by atoms with E-state index in [-0.39, 0.29) is 54.3 Å². The third-order valence-corrected chi connectivity index (χ3v) is 7.75. The van der Waals surface area contributed by atoms with Crippen molar-refractivity contribution >= 4 is 46.0 Å². The van der Waals surface area contributed by atoms with Gasteiger partial charge in [0.2, 0.25) is 0 Å². The van der Waals surface area contributed by atoms with Gasteiger partial charge in [0.05, 0.1) is 96.6 Å². The number of nitrogen functional groups attached to an aromatic ring is 1. The van der Waals surface area contributed by atoms with Crippen LogP contribution in [0.4, 0.5) is 11.5 Å². The fourth-order valence-corrected chi connectivity index (χ4v) is 4.82. The molecule has 1 atom stereocenters. The maximum atomic E-state index is 12.8. The Bertz CT molecular complexity index is 1690. The Morgan fingerprint density at radius 1 is 0.800 bits per heavy atom. The van der Waals surface area contributed by atoms with Crippen molar-refractivity contribution < 1.29 is 52.7 Å². The highest BCUT2D eigenvalue weighted by molar-refractivity contribution is 5.97. The highest BCUT2D eigenvalue weighted by Crippen LogP contribution is 2.13. The van der Waals surface area contributed by atoms with Gasteiger partial charge in [0.1, 0.15) is 23.4 Å². The molecule has 18 nitrogen and oxygen atoms in total. The molecule has 55 heavy (non-hydrogen) atoms. The number of H-pyrrole nitrogens is 1. The predicted octanol–water partition coefficient (Wildman–Crippen LogP) is 1.90. The van der Waals surface area contributed by atoms with Crippen LogP contribution < -0.4 is 21.9 Å². The largest absolute Gasteiger partial charge is 0.480 e. The Hall–Kier alpha value is -4.85. The fourth-order valence-electron chi connectivity index (χ4n) is 4.82. The first-order valence-corrected chi connectivity index (χ1v) is 18.1. The third-order valence-electron chi connectivity index (χ3n) is 7.75. The van der Waals surface area contributed by atoms with Crippen molar-refractivity contribution in [3.8, 4) is 0 Å². The number of benzene rings is 1. The van der Waals surface area contributed by atoms with Gasteiger partial charge >= 0.3 is 5.97 Å². The molecular weight excluding hydrogens is 720 g/mol. The standard InChI is InChI=1S/C37H52N6O12/c1-26(44)10-12-51-14-16-53-18-20-55-22-21-54-19-17-52-15-13-50-11-2-3-30(45)8-9-31(37(48)49)42-35(46)27-4-6-28(7-5-27)39-24-29-25-40-32-23-33(38)43-36(47)34(32)41-29/h4-7,23,25,31,39H,2-3,8-22,24H2,1H3,(H,42,46)(H,48,49)(H3,38,43,47)/t31-/m0/s1. The number of nitrogens with two attached hydrogens (primary N) is 1. The molecule has 0 bridgehead atoms. The van der Waals surface area contributed by atoms with Crippen molar-refractivity contribution in [2.45, 2.75) is 51.6 Å². The van der Waals surface area contributed by atoms with Gasteiger partial charge in [-0.2, -0.15) is 0 Å². The Kier molecular flexibility index (Phi) is 21.1. The molecule has 0 saturated heterocycles. The molecule has 0 fully saturated rings. The Labute approximate surface area is 318 Å². The number of amides is 1. The molecule has 2 heterocycles. The number of carboxylic acids is 1. The van der Waals surface area contributed by atoms with Crippen LogP contribution in [-0.4, -0.2) is 129 Å². The lowest BCUT2D eigenvalue weighted by molar-refractivity contribution is -0.139. The predicted molar refractivity (Wildman–Crippen MR) is 201 cm³/mol. The first-order valence-electron chi connectivity index (χ1n) is 18.1. The van der Waals surface area contributed by atoms with Crippen LogP contribution in [0.15, 0.2) is 41.3 Å². The van der Waals surface area contributed by atoms with E-state index in [2.05, 4.69) is 25.6 Å². The maximum absolute atomic E-state index is 12.8. The highest BCUT2D eigenvalue weighted by atomic mass is 16.6. The number of ketones is 2. The number of nitrogens with zero attached hydrogens (tertiary/aromatic N) is 2. The SMILES string of the molecule is CC(=O)CCOCCOCCOCCOCCOCCOCCCC(=O)CC[C@H](NC(=O)c1ccc(NCc2cnc3cc(N)[nH]c(=O)c3n2)cc1)C(=O)O. The van der Waals surface area contributed by atoms with Gasteiger partial charge in [-0.1, -0.05) is 0 Å². The van der Waals surface area contributed by atoms with E-state index in [1.54, 1.807) is 24.3 Å². The molecule has 1 amide bonds. The van der Waals surface area contributed by atoms with Crippen LogP contribution >= 0.6 is 0 Å². The maximum Gasteiger partial charge on any atom is 0.326 e. The van der Waals surface area contributed by atoms with E-state index in [1.807, 2.05) is 0 Å². The minimum Gasteiger partial charge on any atom is -0.480 e. The number of carbonyl (C=O) groups is 4. The molecule has 0 aliphatic heterocycles. The number of carboxylic acid groups (broad SMARTS) is 1. The summed E-state index contributed by atoms with van der Waals surface area (Å²) in [6.07, 6.45) is 2.60. The number of fused-ring (bicyclic) bond motifs is 1. The van der Waals surface area contributed by atoms with E-state index in [0.29, 0.717) is 109 Å². The van der Waals surface area contributed by atoms with Crippen molar-refractivity contribution in [1.29, 1.82) is 0 Å². The Morgan fingerprint density at radius 2 is 1.36 bits per heavy atom. The fraction of sp³-hybridized carbons (Fsp3) is 0.541. The van der Waals surface area contributed by atoms with Gasteiger partial charge in [0.25, 0.3) is 11.5 Å². The lowest BCUT2D eigenvalue weighted by Crippen LogP contribution is -2.41. The molecule has 2 aromatic heterocycles. The second-order valence-electron chi connectivity index (χ2n) is 12.3. The van der Waals surface area contributed by atoms with E-state index in [4.69, 9.17) is 34.2 Å². The summed E-state index contributed by atoms with van der Waals surface area (Å²) in [4.78, 5) is 70.9. The van der Waals surface area contributed by atoms with E-state index < -0.39 is 23.5 Å². The van der Waals surface area contributed by atoms with Gasteiger partial charge in [-0.3, -0.25) is 24.2 Å². The quantitative estimate of drug-likeness (QED) is 0.0586. The number of aromatic nitrogens is 3. The molecule has 18 heteroatoms. The first kappa shape index (κ1) is 44.5. The van der Waals surface area contributed by atoms with Crippen molar-refractivity contribution in [2.75, 3.05) is 90.3 Å². The Balaban J connectivity index is 1.17. The van der Waals surface area contributed by atoms with Crippen LogP contribution in [0.5, 0.6) is 0 Å². The summed E-state index contributed by atoms with van der Waals surface area (Å²) < 4.78 is 32.5. The summed E-state index contributed by atoms with van der Waals surface area (Å²) in [6.45, 7) is 6.78. The number of hydrogen-bond acceptors (Lipinski definition) is 15. The average Bonchev–Trinajstić information content (AvgIpc) is 3.16.